The average molecular weight is 325 g/mol. The number of amides is 1. The maximum absolute atomic E-state index is 12.3. The number of sulfonamides is 1. The normalized spacial score (nSPS) is 14.5. The lowest BCUT2D eigenvalue weighted by atomic mass is 10.2. The quantitative estimate of drug-likeness (QED) is 0.787. The number of hydrogen-bond acceptors (Lipinski definition) is 4. The third-order valence-corrected chi connectivity index (χ3v) is 5.66. The molecule has 1 heterocycles. The van der Waals surface area contributed by atoms with Crippen LogP contribution < -0.4 is 10.2 Å². The van der Waals surface area contributed by atoms with Gasteiger partial charge in [0.2, 0.25) is 15.9 Å². The molecular weight excluding hydrogens is 302 g/mol. The Kier molecular flexibility index (Phi) is 5.20. The molecule has 1 aromatic rings. The summed E-state index contributed by atoms with van der Waals surface area (Å²) in [6, 6.07) is 5.05. The molecule has 0 spiro atoms. The Morgan fingerprint density at radius 2 is 2.09 bits per heavy atom. The van der Waals surface area contributed by atoms with E-state index in [1.165, 1.54) is 18.4 Å². The van der Waals surface area contributed by atoms with Crippen LogP contribution in [0.3, 0.4) is 0 Å². The summed E-state index contributed by atoms with van der Waals surface area (Å²) >= 11 is 0. The molecule has 1 N–H and O–H groups in total. The summed E-state index contributed by atoms with van der Waals surface area (Å²) in [6.07, 6.45) is 2.01. The Labute approximate surface area is 132 Å². The van der Waals surface area contributed by atoms with Gasteiger partial charge in [0.05, 0.1) is 4.90 Å². The van der Waals surface area contributed by atoms with Crippen LogP contribution in [0, 0.1) is 0 Å². The third kappa shape index (κ3) is 3.31. The van der Waals surface area contributed by atoms with E-state index in [0.29, 0.717) is 13.0 Å². The van der Waals surface area contributed by atoms with E-state index in [0.717, 1.165) is 30.6 Å². The lowest BCUT2D eigenvalue weighted by Crippen LogP contribution is -2.29. The summed E-state index contributed by atoms with van der Waals surface area (Å²) in [4.78, 5) is 14.3. The van der Waals surface area contributed by atoms with Gasteiger partial charge in [-0.15, -0.1) is 0 Å². The molecule has 1 aliphatic rings. The van der Waals surface area contributed by atoms with Gasteiger partial charge in [-0.05, 0) is 44.1 Å². The zero-order valence-electron chi connectivity index (χ0n) is 13.3. The monoisotopic (exact) mass is 325 g/mol. The van der Waals surface area contributed by atoms with Crippen LogP contribution in [0.5, 0.6) is 0 Å². The summed E-state index contributed by atoms with van der Waals surface area (Å²) in [5.74, 6) is 0.0494. The Morgan fingerprint density at radius 1 is 1.36 bits per heavy atom. The lowest BCUT2D eigenvalue weighted by molar-refractivity contribution is -0.118. The van der Waals surface area contributed by atoms with Crippen LogP contribution in [0.1, 0.15) is 18.4 Å². The van der Waals surface area contributed by atoms with Gasteiger partial charge in [0.25, 0.3) is 0 Å². The highest BCUT2D eigenvalue weighted by atomic mass is 32.2. The van der Waals surface area contributed by atoms with Crippen molar-refractivity contribution < 1.29 is 13.2 Å². The summed E-state index contributed by atoms with van der Waals surface area (Å²) < 4.78 is 25.7. The number of fused-ring (bicyclic) bond motifs is 1. The standard InChI is InChI=1S/C15H23N3O3S/c1-16-9-4-5-15(19)18-10-8-12-6-7-13(11-14(12)18)22(20,21)17(2)3/h6-7,11,16H,4-5,8-10H2,1-3H3. The number of hydrogen-bond donors (Lipinski definition) is 1. The minimum Gasteiger partial charge on any atom is -0.320 e. The van der Waals surface area contributed by atoms with Crippen molar-refractivity contribution in [2.45, 2.75) is 24.2 Å². The van der Waals surface area contributed by atoms with Crippen molar-refractivity contribution >= 4 is 21.6 Å². The first-order valence-electron chi connectivity index (χ1n) is 7.38. The average Bonchev–Trinajstić information content (AvgIpc) is 2.90. The third-order valence-electron chi connectivity index (χ3n) is 3.85. The first kappa shape index (κ1) is 16.9. The smallest absolute Gasteiger partial charge is 0.242 e. The molecule has 0 saturated carbocycles. The van der Waals surface area contributed by atoms with E-state index in [9.17, 15) is 13.2 Å². The van der Waals surface area contributed by atoms with E-state index in [1.807, 2.05) is 13.1 Å². The van der Waals surface area contributed by atoms with E-state index >= 15 is 0 Å². The fourth-order valence-corrected chi connectivity index (χ4v) is 3.46. The van der Waals surface area contributed by atoms with Crippen LogP contribution in [0.15, 0.2) is 23.1 Å². The highest BCUT2D eigenvalue weighted by Gasteiger charge is 2.27. The van der Waals surface area contributed by atoms with Crippen LogP contribution in [-0.2, 0) is 21.2 Å². The molecule has 0 radical (unpaired) electrons. The van der Waals surface area contributed by atoms with Crippen LogP contribution in [0.4, 0.5) is 5.69 Å². The van der Waals surface area contributed by atoms with Crippen LogP contribution in [0.2, 0.25) is 0 Å². The maximum Gasteiger partial charge on any atom is 0.242 e. The first-order chi connectivity index (χ1) is 10.4. The number of carbonyl (C=O) groups is 1. The summed E-state index contributed by atoms with van der Waals surface area (Å²) in [5.41, 5.74) is 1.76. The number of nitrogens with zero attached hydrogens (tertiary/aromatic N) is 2. The van der Waals surface area contributed by atoms with E-state index in [-0.39, 0.29) is 10.8 Å². The molecule has 0 aromatic heterocycles. The van der Waals surface area contributed by atoms with Crippen LogP contribution in [-0.4, -0.2) is 52.9 Å². The van der Waals surface area contributed by atoms with Gasteiger partial charge in [0.1, 0.15) is 0 Å². The molecule has 1 amide bonds. The van der Waals surface area contributed by atoms with Gasteiger partial charge in [-0.3, -0.25) is 4.79 Å². The van der Waals surface area contributed by atoms with Crippen molar-refractivity contribution in [2.24, 2.45) is 0 Å². The minimum absolute atomic E-state index is 0.0494. The van der Waals surface area contributed by atoms with Crippen LogP contribution >= 0.6 is 0 Å². The molecular formula is C15H23N3O3S. The number of carbonyl (C=O) groups excluding carboxylic acids is 1. The Bertz CT molecular complexity index is 656. The van der Waals surface area contributed by atoms with Gasteiger partial charge < -0.3 is 10.2 Å². The number of rotatable bonds is 6. The van der Waals surface area contributed by atoms with Crippen molar-refractivity contribution in [1.82, 2.24) is 9.62 Å². The molecule has 1 aliphatic heterocycles. The molecule has 2 rings (SSSR count). The molecule has 1 aromatic carbocycles. The van der Waals surface area contributed by atoms with E-state index < -0.39 is 10.0 Å². The summed E-state index contributed by atoms with van der Waals surface area (Å²) in [7, 11) is 1.38. The summed E-state index contributed by atoms with van der Waals surface area (Å²) in [5, 5.41) is 3.02. The number of anilines is 1. The van der Waals surface area contributed by atoms with Crippen molar-refractivity contribution in [3.63, 3.8) is 0 Å². The minimum atomic E-state index is -3.48. The molecule has 0 aliphatic carbocycles. The topological polar surface area (TPSA) is 69.7 Å². The van der Waals surface area contributed by atoms with Gasteiger partial charge >= 0.3 is 0 Å². The predicted molar refractivity (Wildman–Crippen MR) is 86.5 cm³/mol. The van der Waals surface area contributed by atoms with Crippen molar-refractivity contribution in [1.29, 1.82) is 0 Å². The number of nitrogens with one attached hydrogen (secondary N) is 1. The molecule has 22 heavy (non-hydrogen) atoms. The second-order valence-corrected chi connectivity index (χ2v) is 7.73. The molecule has 0 saturated heterocycles. The van der Waals surface area contributed by atoms with E-state index in [4.69, 9.17) is 0 Å². The fourth-order valence-electron chi connectivity index (χ4n) is 2.54. The fraction of sp³-hybridized carbons (Fsp3) is 0.533. The molecule has 6 nitrogen and oxygen atoms in total. The molecule has 0 unspecified atom stereocenters. The Balaban J connectivity index is 2.25. The number of benzene rings is 1. The first-order valence-corrected chi connectivity index (χ1v) is 8.82. The van der Waals surface area contributed by atoms with Crippen molar-refractivity contribution in [3.8, 4) is 0 Å². The van der Waals surface area contributed by atoms with Gasteiger partial charge in [-0.2, -0.15) is 0 Å². The van der Waals surface area contributed by atoms with E-state index in [2.05, 4.69) is 5.32 Å². The molecule has 0 bridgehead atoms. The molecule has 0 atom stereocenters. The highest BCUT2D eigenvalue weighted by Crippen LogP contribution is 2.31. The SMILES string of the molecule is CNCCCC(=O)N1CCc2ccc(S(=O)(=O)N(C)C)cc21. The second kappa shape index (κ2) is 6.76. The zero-order valence-corrected chi connectivity index (χ0v) is 14.1. The van der Waals surface area contributed by atoms with Crippen LogP contribution in [0.25, 0.3) is 0 Å². The lowest BCUT2D eigenvalue weighted by Gasteiger charge is -2.19. The predicted octanol–water partition coefficient (Wildman–Crippen LogP) is 0.826. The van der Waals surface area contributed by atoms with Crippen molar-refractivity contribution in [3.05, 3.63) is 23.8 Å². The van der Waals surface area contributed by atoms with Gasteiger partial charge in [0, 0.05) is 32.7 Å². The Morgan fingerprint density at radius 3 is 2.73 bits per heavy atom. The van der Waals surface area contributed by atoms with Gasteiger partial charge in [-0.25, -0.2) is 12.7 Å². The molecule has 0 fully saturated rings. The van der Waals surface area contributed by atoms with Gasteiger partial charge in [-0.1, -0.05) is 6.07 Å². The highest BCUT2D eigenvalue weighted by molar-refractivity contribution is 7.89. The van der Waals surface area contributed by atoms with Crippen molar-refractivity contribution in [2.75, 3.05) is 39.1 Å². The molecule has 122 valence electrons. The zero-order chi connectivity index (χ0) is 16.3. The largest absolute Gasteiger partial charge is 0.320 e. The second-order valence-electron chi connectivity index (χ2n) is 5.58. The summed E-state index contributed by atoms with van der Waals surface area (Å²) in [6.45, 7) is 1.42. The van der Waals surface area contributed by atoms with Gasteiger partial charge in [0.15, 0.2) is 0 Å². The molecule has 7 heteroatoms. The van der Waals surface area contributed by atoms with E-state index in [1.54, 1.807) is 17.0 Å². The maximum atomic E-state index is 12.3. The Hall–Kier alpha value is -1.44.